The molecule has 4 aromatic rings. The number of aromatic amines is 1. The lowest BCUT2D eigenvalue weighted by Gasteiger charge is -2.63. The summed E-state index contributed by atoms with van der Waals surface area (Å²) in [5.74, 6) is -0.701. The van der Waals surface area contributed by atoms with Crippen molar-refractivity contribution in [3.63, 3.8) is 0 Å². The molecule has 27 heteroatoms. The van der Waals surface area contributed by atoms with Crippen LogP contribution in [0.5, 0.6) is 5.75 Å². The highest BCUT2D eigenvalue weighted by molar-refractivity contribution is 8.00. The number of nitrogens with one attached hydrogen (secondary N) is 2. The molecule has 0 radical (unpaired) electrons. The lowest BCUT2D eigenvalue weighted by atomic mass is 9.47. The second-order valence-electron chi connectivity index (χ2n) is 27.8. The Bertz CT molecular complexity index is 3350. The number of hydrogen-bond donors (Lipinski definition) is 5. The smallest absolute Gasteiger partial charge is 0.322 e. The molecule has 95 heavy (non-hydrogen) atoms. The van der Waals surface area contributed by atoms with Crippen LogP contribution in [0.3, 0.4) is 0 Å². The number of H-pyrrole nitrogens is 1. The van der Waals surface area contributed by atoms with Crippen LogP contribution in [0.1, 0.15) is 80.3 Å². The number of carbonyl (C=O) groups excluding carboxylic acids is 2. The van der Waals surface area contributed by atoms with E-state index in [0.29, 0.717) is 180 Å². The number of piperidine rings is 1. The molecule has 5 N–H and O–H groups in total. The summed E-state index contributed by atoms with van der Waals surface area (Å²) >= 11 is 1.59. The normalized spacial score (nSPS) is 27.8. The number of likely N-dealkylation sites (N-methyl/N-ethyl adjacent to an activating group) is 1. The first kappa shape index (κ1) is 72.7. The third kappa shape index (κ3) is 15.1. The van der Waals surface area contributed by atoms with Gasteiger partial charge in [0, 0.05) is 125 Å². The molecule has 1 spiro atoms. The van der Waals surface area contributed by atoms with Crippen LogP contribution in [0.25, 0.3) is 21.3 Å². The Morgan fingerprint density at radius 1 is 0.863 bits per heavy atom. The molecule has 1 unspecified atom stereocenters. The van der Waals surface area contributed by atoms with Gasteiger partial charge in [-0.1, -0.05) is 61.1 Å². The van der Waals surface area contributed by atoms with Gasteiger partial charge in [-0.05, 0) is 118 Å². The molecule has 1 aliphatic carbocycles. The summed E-state index contributed by atoms with van der Waals surface area (Å²) in [4.78, 5) is 53.7. The molecule has 3 fully saturated rings. The van der Waals surface area contributed by atoms with Crippen molar-refractivity contribution in [1.29, 1.82) is 0 Å². The lowest BCUT2D eigenvalue weighted by Crippen LogP contribution is -2.81. The number of nitrogens with zero attached hydrogens (tertiary/aromatic N) is 8. The number of thioether (sulfide) groups is 1. The summed E-state index contributed by atoms with van der Waals surface area (Å²) < 4.78 is 52.9. The molecule has 2 aromatic carbocycles. The zero-order chi connectivity index (χ0) is 67.7. The van der Waals surface area contributed by atoms with Crippen molar-refractivity contribution in [3.8, 4) is 5.75 Å². The number of methoxy groups -OCH3 is 2. The second kappa shape index (κ2) is 31.4. The molecule has 522 valence electrons. The van der Waals surface area contributed by atoms with Gasteiger partial charge < -0.3 is 72.5 Å². The van der Waals surface area contributed by atoms with Gasteiger partial charge in [0.05, 0.1) is 105 Å². The molecular formula is C68H102N10O14SSi2. The van der Waals surface area contributed by atoms with Gasteiger partial charge in [-0.25, -0.2) is 9.97 Å². The monoisotopic (exact) mass is 1370 g/mol. The molecule has 10 atom stereocenters. The maximum absolute atomic E-state index is 15.6. The van der Waals surface area contributed by atoms with Gasteiger partial charge in [0.25, 0.3) is 5.91 Å². The first-order valence-corrected chi connectivity index (χ1v) is 41.2. The van der Waals surface area contributed by atoms with Crippen LogP contribution in [0.15, 0.2) is 71.2 Å². The van der Waals surface area contributed by atoms with E-state index in [4.69, 9.17) is 47.5 Å². The van der Waals surface area contributed by atoms with Crippen LogP contribution >= 0.6 is 11.8 Å². The highest BCUT2D eigenvalue weighted by atomic mass is 32.2. The predicted molar refractivity (Wildman–Crippen MR) is 368 cm³/mol. The number of carbonyl (C=O) groups is 2. The Morgan fingerprint density at radius 2 is 1.54 bits per heavy atom. The van der Waals surface area contributed by atoms with Crippen LogP contribution < -0.4 is 15.0 Å². The third-order valence-electron chi connectivity index (χ3n) is 20.8. The van der Waals surface area contributed by atoms with E-state index in [9.17, 15) is 15.3 Å². The number of benzene rings is 2. The van der Waals surface area contributed by atoms with Crippen LogP contribution in [-0.2, 0) is 70.7 Å². The molecule has 1 amide bonds. The number of rotatable bonds is 35. The van der Waals surface area contributed by atoms with E-state index in [1.807, 2.05) is 44.0 Å². The standard InChI is InChI=1S/C68H102N10O14SSi2/c1-10-64(82)40-48-41-67(62(81)85-5,57-51(18-24-77(44-48)46-64)50-16-12-13-17-54(50)74-57)53-38-52-55(39-56(53)84-4)76(3)59-66(52)20-25-78-23-14-19-65(11-2,58(66)78)60(79)68(59,83)61(80)70-21-15-37-94(6,7)92-95(8,9)47-93-63-71-42-49(43-72-63)45-91-36-35-90-34-33-89-32-31-88-30-29-87-28-27-86-26-22-73-75-69/h12-14,16-17,19,38-39,42-43,48,58-60,74,79,82-83H,10-11,15,18,20-37,40-41,44-47H2,1-9H3,(H,70,80)/t48-,58+,59-,60-,64+,65-,66-,67+,68+/m1/s1. The minimum absolute atomic E-state index is 0.116. The van der Waals surface area contributed by atoms with Crippen LogP contribution in [0, 0.1) is 11.3 Å². The van der Waals surface area contributed by atoms with Crippen molar-refractivity contribution in [1.82, 2.24) is 30.1 Å². The van der Waals surface area contributed by atoms with E-state index in [0.717, 1.165) is 50.4 Å². The Hall–Kier alpha value is -5.05. The van der Waals surface area contributed by atoms with Gasteiger partial charge in [0.1, 0.15) is 17.3 Å². The minimum atomic E-state index is -2.30. The summed E-state index contributed by atoms with van der Waals surface area (Å²) in [5, 5.41) is 48.2. The molecule has 5 aliphatic heterocycles. The van der Waals surface area contributed by atoms with Gasteiger partial charge in [-0.3, -0.25) is 19.4 Å². The van der Waals surface area contributed by atoms with Crippen molar-refractivity contribution in [3.05, 3.63) is 99.3 Å². The minimum Gasteiger partial charge on any atom is -0.496 e. The maximum Gasteiger partial charge on any atom is 0.322 e. The lowest BCUT2D eigenvalue weighted by molar-refractivity contribution is -0.203. The molecule has 7 heterocycles. The van der Waals surface area contributed by atoms with Gasteiger partial charge in [0.2, 0.25) is 0 Å². The van der Waals surface area contributed by atoms with Crippen molar-refractivity contribution >= 4 is 56.9 Å². The first-order valence-electron chi connectivity index (χ1n) is 34.0. The number of anilines is 1. The highest BCUT2D eigenvalue weighted by Gasteiger charge is 2.79. The number of aliphatic hydroxyl groups excluding tert-OH is 1. The Balaban J connectivity index is 0.765. The third-order valence-corrected chi connectivity index (χ3v) is 30.6. The predicted octanol–water partition coefficient (Wildman–Crippen LogP) is 7.21. The second-order valence-corrected chi connectivity index (χ2v) is 38.0. The van der Waals surface area contributed by atoms with Crippen molar-refractivity contribution in [2.24, 2.45) is 16.4 Å². The van der Waals surface area contributed by atoms with E-state index >= 15 is 9.59 Å². The fraction of sp³-hybridized carbons (Fsp3) is 0.676. The summed E-state index contributed by atoms with van der Waals surface area (Å²) in [5.41, 5.74) is 7.46. The molecule has 2 aromatic heterocycles. The van der Waals surface area contributed by atoms with E-state index in [1.165, 1.54) is 7.11 Å². The molecule has 1 saturated carbocycles. The number of para-hydroxylation sites is 1. The van der Waals surface area contributed by atoms with Gasteiger partial charge in [-0.2, -0.15) is 0 Å². The Kier molecular flexibility index (Phi) is 24.1. The fourth-order valence-corrected chi connectivity index (χ4v) is 27.2. The van der Waals surface area contributed by atoms with Crippen LogP contribution in [-0.4, -0.2) is 243 Å². The van der Waals surface area contributed by atoms with Crippen molar-refractivity contribution in [2.45, 2.75) is 143 Å². The molecular weight excluding hydrogens is 1270 g/mol. The number of ether oxygens (including phenoxy) is 8. The number of amides is 1. The van der Waals surface area contributed by atoms with Gasteiger partial charge in [-0.15, -0.1) is 0 Å². The first-order chi connectivity index (χ1) is 45.7. The number of aromatic nitrogens is 3. The molecule has 2 saturated heterocycles. The van der Waals surface area contributed by atoms with Crippen molar-refractivity contribution < 1.29 is 66.9 Å². The van der Waals surface area contributed by atoms with Crippen molar-refractivity contribution in [2.75, 3.05) is 150 Å². The number of azide groups is 1. The van der Waals surface area contributed by atoms with E-state index in [2.05, 4.69) is 96.6 Å². The average molecular weight is 1370 g/mol. The molecule has 10 rings (SSSR count). The Labute approximate surface area is 565 Å². The van der Waals surface area contributed by atoms with Crippen LogP contribution in [0.2, 0.25) is 32.2 Å². The molecule has 2 bridgehead atoms. The molecule has 24 nitrogen and oxygen atoms in total. The zero-order valence-electron chi connectivity index (χ0n) is 57.2. The van der Waals surface area contributed by atoms with E-state index < -0.39 is 68.1 Å². The highest BCUT2D eigenvalue weighted by Crippen LogP contribution is 2.68. The number of fused-ring (bicyclic) bond motifs is 6. The summed E-state index contributed by atoms with van der Waals surface area (Å²) in [6, 6.07) is 11.9. The zero-order valence-corrected chi connectivity index (χ0v) is 60.0. The quantitative estimate of drug-likeness (QED) is 0.00350. The number of esters is 1. The number of hydrogen-bond acceptors (Lipinski definition) is 21. The topological polar surface area (TPSA) is 290 Å². The maximum atomic E-state index is 15.6. The van der Waals surface area contributed by atoms with E-state index in [-0.39, 0.29) is 18.5 Å². The van der Waals surface area contributed by atoms with Gasteiger partial charge >= 0.3 is 5.97 Å². The van der Waals surface area contributed by atoms with Gasteiger partial charge in [0.15, 0.2) is 27.4 Å². The molecule has 6 aliphatic rings. The summed E-state index contributed by atoms with van der Waals surface area (Å²) in [7, 11) is 0.447. The summed E-state index contributed by atoms with van der Waals surface area (Å²) in [6.45, 7) is 22.0. The van der Waals surface area contributed by atoms with E-state index in [1.54, 1.807) is 31.3 Å². The SMILES string of the molecule is CC[C@]1(O)C[C@H]2CN(CCc3c([nH]c4ccccc34)[C@@](C(=O)OC)(c3cc4c(cc3OC)N(C)[C@H]3[C@@](O)(C(=O)NCCC[Si](C)(C)O[Si](C)(C)CSc5ncc(COCCOCCOCCOCCOCCOCCN=[N+]=[N-])cn5)[C@H](O)[C@]5(CC)C=CCN6CC[C@]43[C@@H]65)C2)C1. The average Bonchev–Trinajstić information content (AvgIpc) is 1.51. The van der Waals surface area contributed by atoms with Crippen LogP contribution in [0.4, 0.5) is 5.69 Å². The number of aliphatic hydroxyl groups is 3. The fourth-order valence-electron chi connectivity index (χ4n) is 16.9. The summed E-state index contributed by atoms with van der Waals surface area (Å²) in [6.07, 6.45) is 9.94. The largest absolute Gasteiger partial charge is 0.496 e. The Morgan fingerprint density at radius 3 is 2.19 bits per heavy atom.